The van der Waals surface area contributed by atoms with E-state index in [1.54, 1.807) is 6.92 Å². The number of carbonyl (C=O) groups is 1. The molecule has 76 valence electrons. The van der Waals surface area contributed by atoms with Gasteiger partial charge in [-0.1, -0.05) is 6.04 Å². The molecule has 0 fully saturated rings. The van der Waals surface area contributed by atoms with Crippen LogP contribution in [-0.2, 0) is 14.0 Å². The van der Waals surface area contributed by atoms with Gasteiger partial charge in [0.25, 0.3) is 0 Å². The number of hydrogen-bond acceptors (Lipinski definition) is 3. The number of rotatable bonds is 6. The molecule has 0 aliphatic carbocycles. The van der Waals surface area contributed by atoms with E-state index in [0.717, 1.165) is 6.42 Å². The molecule has 0 rings (SSSR count). The maximum atomic E-state index is 11.2. The third-order valence-corrected chi connectivity index (χ3v) is 2.69. The van der Waals surface area contributed by atoms with E-state index < -0.39 is 9.76 Å². The van der Waals surface area contributed by atoms with Crippen LogP contribution < -0.4 is 0 Å². The lowest BCUT2D eigenvalue weighted by atomic mass is 10.3. The van der Waals surface area contributed by atoms with Crippen LogP contribution in [0.5, 0.6) is 0 Å². The molecule has 0 aromatic rings. The first kappa shape index (κ1) is 12.4. The fraction of sp³-hybridized carbons (Fsp3) is 0.625. The summed E-state index contributed by atoms with van der Waals surface area (Å²) < 4.78 is 10.1. The molecule has 0 unspecified atom stereocenters. The molecule has 0 bridgehead atoms. The summed E-state index contributed by atoms with van der Waals surface area (Å²) >= 11 is 0. The zero-order valence-electron chi connectivity index (χ0n) is 8.63. The van der Waals surface area contributed by atoms with Gasteiger partial charge in [-0.3, -0.25) is 0 Å². The summed E-state index contributed by atoms with van der Waals surface area (Å²) in [5.74, 6) is -0.252. The molecule has 0 N–H and O–H groups in total. The van der Waals surface area contributed by atoms with Crippen LogP contribution in [0.25, 0.3) is 0 Å². The lowest BCUT2D eigenvalue weighted by molar-refractivity contribution is -0.139. The highest BCUT2D eigenvalue weighted by molar-refractivity contribution is 6.25. The Bertz CT molecular complexity index is 180. The maximum Gasteiger partial charge on any atom is 0.336 e. The molecule has 5 heteroatoms. The van der Waals surface area contributed by atoms with E-state index in [0.29, 0.717) is 12.2 Å². The molecule has 0 saturated heterocycles. The van der Waals surface area contributed by atoms with Crippen LogP contribution in [0.1, 0.15) is 13.3 Å². The van der Waals surface area contributed by atoms with Gasteiger partial charge in [-0.05, 0) is 19.9 Å². The molecule has 0 radical (unpaired) electrons. The minimum Gasteiger partial charge on any atom is -0.554 e. The van der Waals surface area contributed by atoms with E-state index in [1.165, 1.54) is 22.5 Å². The van der Waals surface area contributed by atoms with Crippen LogP contribution in [0.2, 0.25) is 12.6 Å². The Morgan fingerprint density at radius 3 is 2.85 bits per heavy atom. The highest BCUT2D eigenvalue weighted by atomic mass is 28.2. The van der Waals surface area contributed by atoms with Crippen LogP contribution in [0.3, 0.4) is 0 Å². The van der Waals surface area contributed by atoms with Crippen molar-refractivity contribution in [1.82, 2.24) is 0 Å². The van der Waals surface area contributed by atoms with Crippen molar-refractivity contribution in [3.05, 3.63) is 11.8 Å². The smallest absolute Gasteiger partial charge is 0.336 e. The topological polar surface area (TPSA) is 35.5 Å². The maximum absolute atomic E-state index is 11.2. The predicted molar refractivity (Wildman–Crippen MR) is 59.6 cm³/mol. The van der Waals surface area contributed by atoms with E-state index >= 15 is 0 Å². The first-order valence-electron chi connectivity index (χ1n) is 4.67. The Morgan fingerprint density at radius 1 is 1.62 bits per heavy atom. The average molecular weight is 218 g/mol. The molecule has 0 aromatic carbocycles. The third kappa shape index (κ3) is 6.59. The molecule has 13 heavy (non-hydrogen) atoms. The quantitative estimate of drug-likeness (QED) is 0.203. The Labute approximate surface area is 84.9 Å². The summed E-state index contributed by atoms with van der Waals surface area (Å²) in [6, 6.07) is 1.18. The average Bonchev–Trinajstić information content (AvgIpc) is 2.14. The molecule has 3 nitrogen and oxygen atoms in total. The van der Waals surface area contributed by atoms with Gasteiger partial charge in [0, 0.05) is 10.2 Å². The van der Waals surface area contributed by atoms with Crippen molar-refractivity contribution in [2.24, 2.45) is 0 Å². The number of hydrogen-bond donors (Lipinski definition) is 0. The minimum atomic E-state index is -0.463. The second-order valence-corrected chi connectivity index (χ2v) is 4.66. The molecule has 0 amide bonds. The first-order chi connectivity index (χ1) is 6.22. The van der Waals surface area contributed by atoms with Crippen LogP contribution in [-0.4, -0.2) is 32.6 Å². The minimum absolute atomic E-state index is 0.252. The zero-order valence-corrected chi connectivity index (χ0v) is 12.0. The number of ether oxygens (including phenoxy) is 1. The van der Waals surface area contributed by atoms with Crippen molar-refractivity contribution in [2.45, 2.75) is 25.9 Å². The van der Waals surface area contributed by atoms with Crippen molar-refractivity contribution in [2.75, 3.05) is 6.61 Å². The predicted octanol–water partition coefficient (Wildman–Crippen LogP) is -0.244. The summed E-state index contributed by atoms with van der Waals surface area (Å²) in [6.45, 7) is 4.26. The fourth-order valence-corrected chi connectivity index (χ4v) is 1.38. The first-order valence-corrected chi connectivity index (χ1v) is 8.08. The molecule has 0 spiro atoms. The SMILES string of the molecule is C[SiH2]OC=C(C)C(=O)OCCC[SiH3]. The van der Waals surface area contributed by atoms with E-state index in [4.69, 9.17) is 9.16 Å². The van der Waals surface area contributed by atoms with E-state index in [-0.39, 0.29) is 5.97 Å². The van der Waals surface area contributed by atoms with Crippen LogP contribution in [0.4, 0.5) is 0 Å². The standard InChI is InChI=1S/C8H18O3Si2/c1-7(6-11-13-2)8(9)10-4-3-5-12/h6H,3-5,13H2,1-2,12H3. The van der Waals surface area contributed by atoms with Crippen molar-refractivity contribution in [1.29, 1.82) is 0 Å². The summed E-state index contributed by atoms with van der Waals surface area (Å²) in [5.41, 5.74) is 0.558. The van der Waals surface area contributed by atoms with Crippen molar-refractivity contribution < 1.29 is 14.0 Å². The molecule has 0 aromatic heterocycles. The highest BCUT2D eigenvalue weighted by Gasteiger charge is 2.04. The fourth-order valence-electron chi connectivity index (χ4n) is 0.679. The van der Waals surface area contributed by atoms with E-state index in [1.807, 2.05) is 6.55 Å². The number of esters is 1. The largest absolute Gasteiger partial charge is 0.554 e. The van der Waals surface area contributed by atoms with Gasteiger partial charge in [-0.15, -0.1) is 0 Å². The molecule has 0 heterocycles. The van der Waals surface area contributed by atoms with Crippen LogP contribution in [0.15, 0.2) is 11.8 Å². The van der Waals surface area contributed by atoms with Gasteiger partial charge in [0.15, 0.2) is 0 Å². The van der Waals surface area contributed by atoms with Crippen LogP contribution >= 0.6 is 0 Å². The Kier molecular flexibility index (Phi) is 7.72. The monoisotopic (exact) mass is 218 g/mol. The molecular formula is C8H18O3Si2. The van der Waals surface area contributed by atoms with Gasteiger partial charge in [0.05, 0.1) is 18.4 Å². The molecule has 0 saturated carbocycles. The Morgan fingerprint density at radius 2 is 2.31 bits per heavy atom. The van der Waals surface area contributed by atoms with E-state index in [9.17, 15) is 4.79 Å². The van der Waals surface area contributed by atoms with Crippen LogP contribution in [0, 0.1) is 0 Å². The van der Waals surface area contributed by atoms with Gasteiger partial charge in [0.1, 0.15) is 0 Å². The second kappa shape index (κ2) is 8.06. The summed E-state index contributed by atoms with van der Waals surface area (Å²) in [6.07, 6.45) is 2.49. The molecule has 0 aliphatic heterocycles. The van der Waals surface area contributed by atoms with Crippen molar-refractivity contribution in [3.63, 3.8) is 0 Å². The van der Waals surface area contributed by atoms with Gasteiger partial charge in [-0.2, -0.15) is 0 Å². The Balaban J connectivity index is 3.69. The molecule has 0 aliphatic rings. The lowest BCUT2D eigenvalue weighted by Crippen LogP contribution is -2.07. The van der Waals surface area contributed by atoms with Gasteiger partial charge in [0.2, 0.25) is 9.76 Å². The molecule has 0 atom stereocenters. The summed E-state index contributed by atoms with van der Waals surface area (Å²) in [4.78, 5) is 11.2. The Hall–Kier alpha value is -0.556. The van der Waals surface area contributed by atoms with Crippen molar-refractivity contribution in [3.8, 4) is 0 Å². The lowest BCUT2D eigenvalue weighted by Gasteiger charge is -2.03. The van der Waals surface area contributed by atoms with Crippen molar-refractivity contribution >= 4 is 26.0 Å². The third-order valence-electron chi connectivity index (χ3n) is 1.48. The summed E-state index contributed by atoms with van der Waals surface area (Å²) in [5, 5.41) is 0. The highest BCUT2D eigenvalue weighted by Crippen LogP contribution is 1.98. The second-order valence-electron chi connectivity index (χ2n) is 2.75. The van der Waals surface area contributed by atoms with Gasteiger partial charge < -0.3 is 9.16 Å². The number of carbonyl (C=O) groups excluding carboxylic acids is 1. The van der Waals surface area contributed by atoms with Gasteiger partial charge in [-0.25, -0.2) is 4.79 Å². The normalized spacial score (nSPS) is 12.3. The molecular weight excluding hydrogens is 200 g/mol. The zero-order chi connectivity index (χ0) is 10.1. The van der Waals surface area contributed by atoms with E-state index in [2.05, 4.69) is 0 Å². The summed E-state index contributed by atoms with van der Waals surface area (Å²) in [7, 11) is 0.709. The van der Waals surface area contributed by atoms with Gasteiger partial charge >= 0.3 is 5.97 Å².